The molecule has 0 atom stereocenters. The van der Waals surface area contributed by atoms with Crippen LogP contribution >= 0.6 is 0 Å². The number of carbonyl (C=O) groups excluding carboxylic acids is 1. The summed E-state index contributed by atoms with van der Waals surface area (Å²) in [6.07, 6.45) is 0. The lowest BCUT2D eigenvalue weighted by atomic mass is 10.1. The van der Waals surface area contributed by atoms with Crippen molar-refractivity contribution in [3.8, 4) is 0 Å². The van der Waals surface area contributed by atoms with Crippen LogP contribution in [0.15, 0.2) is 40.8 Å². The largest absolute Gasteiger partial charge is 0.464 e. The smallest absolute Gasteiger partial charge is 0.254 e. The Morgan fingerprint density at radius 2 is 2.11 bits per heavy atom. The summed E-state index contributed by atoms with van der Waals surface area (Å²) in [7, 11) is 3.60. The number of amides is 1. The molecule has 0 fully saturated rings. The minimum atomic E-state index is -0.0221. The van der Waals surface area contributed by atoms with Gasteiger partial charge in [0, 0.05) is 25.3 Å². The minimum Gasteiger partial charge on any atom is -0.464 e. The van der Waals surface area contributed by atoms with Crippen molar-refractivity contribution >= 4 is 11.6 Å². The number of nitrogens with one attached hydrogen (secondary N) is 1. The Morgan fingerprint density at radius 1 is 1.32 bits per heavy atom. The number of benzene rings is 1. The fraction of sp³-hybridized carbons (Fsp3) is 0.267. The highest BCUT2D eigenvalue weighted by molar-refractivity contribution is 5.94. The van der Waals surface area contributed by atoms with Crippen LogP contribution in [0.25, 0.3) is 0 Å². The lowest BCUT2D eigenvalue weighted by Crippen LogP contribution is -2.26. The molecule has 0 saturated carbocycles. The molecule has 4 heteroatoms. The van der Waals surface area contributed by atoms with Crippen LogP contribution in [-0.4, -0.2) is 24.9 Å². The monoisotopic (exact) mass is 258 g/mol. The fourth-order valence-electron chi connectivity index (χ4n) is 1.90. The Balaban J connectivity index is 2.09. The Labute approximate surface area is 113 Å². The zero-order valence-corrected chi connectivity index (χ0v) is 11.4. The zero-order valence-electron chi connectivity index (χ0n) is 11.4. The molecule has 100 valence electrons. The van der Waals surface area contributed by atoms with E-state index in [2.05, 4.69) is 5.32 Å². The van der Waals surface area contributed by atoms with Gasteiger partial charge in [-0.05, 0) is 37.3 Å². The molecule has 4 nitrogen and oxygen atoms in total. The van der Waals surface area contributed by atoms with E-state index in [9.17, 15) is 4.79 Å². The molecule has 1 N–H and O–H groups in total. The molecule has 0 bridgehead atoms. The summed E-state index contributed by atoms with van der Waals surface area (Å²) in [5, 5.41) is 3.02. The van der Waals surface area contributed by atoms with Gasteiger partial charge in [0.15, 0.2) is 0 Å². The van der Waals surface area contributed by atoms with E-state index in [1.807, 2.05) is 50.4 Å². The fourth-order valence-corrected chi connectivity index (χ4v) is 1.90. The van der Waals surface area contributed by atoms with Crippen LogP contribution in [0.5, 0.6) is 0 Å². The maximum absolute atomic E-state index is 12.3. The predicted octanol–water partition coefficient (Wildman–Crippen LogP) is 2.90. The second kappa shape index (κ2) is 5.61. The zero-order chi connectivity index (χ0) is 13.8. The van der Waals surface area contributed by atoms with Crippen LogP contribution in [0.2, 0.25) is 0 Å². The van der Waals surface area contributed by atoms with Gasteiger partial charge in [0.2, 0.25) is 0 Å². The van der Waals surface area contributed by atoms with Gasteiger partial charge in [0.05, 0.1) is 6.54 Å². The van der Waals surface area contributed by atoms with Crippen molar-refractivity contribution < 1.29 is 9.21 Å². The average molecular weight is 258 g/mol. The third kappa shape index (κ3) is 3.16. The van der Waals surface area contributed by atoms with E-state index in [0.717, 1.165) is 17.2 Å². The normalized spacial score (nSPS) is 10.3. The second-order valence-corrected chi connectivity index (χ2v) is 4.50. The third-order valence-corrected chi connectivity index (χ3v) is 2.93. The average Bonchev–Trinajstić information content (AvgIpc) is 2.83. The van der Waals surface area contributed by atoms with Crippen molar-refractivity contribution in [2.45, 2.75) is 13.5 Å². The van der Waals surface area contributed by atoms with Crippen molar-refractivity contribution in [2.75, 3.05) is 19.4 Å². The van der Waals surface area contributed by atoms with Crippen LogP contribution < -0.4 is 5.32 Å². The first-order valence-electron chi connectivity index (χ1n) is 6.19. The summed E-state index contributed by atoms with van der Waals surface area (Å²) in [6, 6.07) is 11.2. The molecule has 1 heterocycles. The summed E-state index contributed by atoms with van der Waals surface area (Å²) in [5.74, 6) is 1.62. The van der Waals surface area contributed by atoms with Gasteiger partial charge in [0.1, 0.15) is 11.5 Å². The quantitative estimate of drug-likeness (QED) is 0.917. The lowest BCUT2D eigenvalue weighted by Gasteiger charge is -2.16. The molecule has 0 aliphatic heterocycles. The number of aryl methyl sites for hydroxylation is 1. The molecule has 0 spiro atoms. The first-order valence-corrected chi connectivity index (χ1v) is 6.19. The minimum absolute atomic E-state index is 0.0221. The first-order chi connectivity index (χ1) is 9.10. The van der Waals surface area contributed by atoms with E-state index < -0.39 is 0 Å². The number of anilines is 1. The molecule has 0 radical (unpaired) electrons. The van der Waals surface area contributed by atoms with Crippen molar-refractivity contribution in [1.29, 1.82) is 0 Å². The molecule has 0 aliphatic rings. The van der Waals surface area contributed by atoms with Gasteiger partial charge >= 0.3 is 0 Å². The summed E-state index contributed by atoms with van der Waals surface area (Å²) in [6.45, 7) is 2.36. The van der Waals surface area contributed by atoms with Crippen molar-refractivity contribution in [3.05, 3.63) is 53.5 Å². The molecule has 0 aliphatic carbocycles. The first kappa shape index (κ1) is 13.2. The standard InChI is InChI=1S/C15H18N2O2/c1-11-7-8-14(19-11)10-17(3)15(18)12-5-4-6-13(9-12)16-2/h4-9,16H,10H2,1-3H3. The molecule has 1 aromatic heterocycles. The maximum atomic E-state index is 12.3. The number of hydrogen-bond donors (Lipinski definition) is 1. The summed E-state index contributed by atoms with van der Waals surface area (Å²) < 4.78 is 5.48. The Hall–Kier alpha value is -2.23. The van der Waals surface area contributed by atoms with Crippen LogP contribution in [-0.2, 0) is 6.54 Å². The van der Waals surface area contributed by atoms with Crippen LogP contribution in [0.1, 0.15) is 21.9 Å². The van der Waals surface area contributed by atoms with E-state index in [1.54, 1.807) is 11.9 Å². The molecule has 1 aromatic carbocycles. The van der Waals surface area contributed by atoms with Crippen molar-refractivity contribution in [2.24, 2.45) is 0 Å². The van der Waals surface area contributed by atoms with E-state index in [-0.39, 0.29) is 5.91 Å². The number of hydrogen-bond acceptors (Lipinski definition) is 3. The topological polar surface area (TPSA) is 45.5 Å². The molecule has 19 heavy (non-hydrogen) atoms. The van der Waals surface area contributed by atoms with Gasteiger partial charge in [-0.2, -0.15) is 0 Å². The Morgan fingerprint density at radius 3 is 2.74 bits per heavy atom. The van der Waals surface area contributed by atoms with Gasteiger partial charge in [-0.15, -0.1) is 0 Å². The molecule has 2 aromatic rings. The van der Waals surface area contributed by atoms with Crippen molar-refractivity contribution in [3.63, 3.8) is 0 Å². The predicted molar refractivity (Wildman–Crippen MR) is 75.2 cm³/mol. The van der Waals surface area contributed by atoms with E-state index in [1.165, 1.54) is 0 Å². The molecular weight excluding hydrogens is 240 g/mol. The molecule has 2 rings (SSSR count). The van der Waals surface area contributed by atoms with E-state index >= 15 is 0 Å². The van der Waals surface area contributed by atoms with Crippen LogP contribution in [0.4, 0.5) is 5.69 Å². The lowest BCUT2D eigenvalue weighted by molar-refractivity contribution is 0.0775. The van der Waals surface area contributed by atoms with Gasteiger partial charge in [-0.25, -0.2) is 0 Å². The van der Waals surface area contributed by atoms with Crippen LogP contribution in [0.3, 0.4) is 0 Å². The van der Waals surface area contributed by atoms with Gasteiger partial charge in [0.25, 0.3) is 5.91 Å². The second-order valence-electron chi connectivity index (χ2n) is 4.50. The highest BCUT2D eigenvalue weighted by Gasteiger charge is 2.13. The Kier molecular flexibility index (Phi) is 3.90. The summed E-state index contributed by atoms with van der Waals surface area (Å²) >= 11 is 0. The van der Waals surface area contributed by atoms with E-state index in [0.29, 0.717) is 12.1 Å². The number of nitrogens with zero attached hydrogens (tertiary/aromatic N) is 1. The molecule has 0 saturated heterocycles. The van der Waals surface area contributed by atoms with Crippen LogP contribution in [0, 0.1) is 6.92 Å². The summed E-state index contributed by atoms with van der Waals surface area (Å²) in [4.78, 5) is 13.9. The van der Waals surface area contributed by atoms with Gasteiger partial charge in [-0.1, -0.05) is 6.07 Å². The number of carbonyl (C=O) groups is 1. The van der Waals surface area contributed by atoms with Gasteiger partial charge in [-0.3, -0.25) is 4.79 Å². The molecule has 1 amide bonds. The number of rotatable bonds is 4. The van der Waals surface area contributed by atoms with Gasteiger partial charge < -0.3 is 14.6 Å². The molecule has 0 unspecified atom stereocenters. The van der Waals surface area contributed by atoms with E-state index in [4.69, 9.17) is 4.42 Å². The van der Waals surface area contributed by atoms with Crippen molar-refractivity contribution in [1.82, 2.24) is 4.90 Å². The highest BCUT2D eigenvalue weighted by Crippen LogP contribution is 2.14. The Bertz CT molecular complexity index is 575. The summed E-state index contributed by atoms with van der Waals surface area (Å²) in [5.41, 5.74) is 1.59. The molecular formula is C15H18N2O2. The highest BCUT2D eigenvalue weighted by atomic mass is 16.3. The third-order valence-electron chi connectivity index (χ3n) is 2.93. The SMILES string of the molecule is CNc1cccc(C(=O)N(C)Cc2ccc(C)o2)c1. The maximum Gasteiger partial charge on any atom is 0.254 e. The number of furan rings is 1.